The Morgan fingerprint density at radius 3 is 2.68 bits per heavy atom. The van der Waals surface area contributed by atoms with Crippen LogP contribution in [0.2, 0.25) is 5.02 Å². The van der Waals surface area contributed by atoms with Crippen molar-refractivity contribution in [2.45, 2.75) is 57.1 Å². The van der Waals surface area contributed by atoms with Crippen LogP contribution in [0, 0.1) is 0 Å². The van der Waals surface area contributed by atoms with E-state index in [2.05, 4.69) is 14.8 Å². The van der Waals surface area contributed by atoms with Crippen molar-refractivity contribution in [3.8, 4) is 16.9 Å². The van der Waals surface area contributed by atoms with Gasteiger partial charge in [0.05, 0.1) is 16.8 Å². The van der Waals surface area contributed by atoms with E-state index in [9.17, 15) is 10.2 Å². The van der Waals surface area contributed by atoms with Gasteiger partial charge in [-0.05, 0) is 63.0 Å². The molecule has 2 fully saturated rings. The monoisotopic (exact) mass is 499 g/mol. The Labute approximate surface area is 208 Å². The number of halogens is 1. The fourth-order valence-electron chi connectivity index (χ4n) is 5.85. The van der Waals surface area contributed by atoms with Gasteiger partial charge < -0.3 is 19.8 Å². The molecule has 2 N–H and O–H groups in total. The van der Waals surface area contributed by atoms with E-state index < -0.39 is 6.23 Å². The van der Waals surface area contributed by atoms with Gasteiger partial charge in [0.15, 0.2) is 0 Å². The number of rotatable bonds is 5. The normalized spacial score (nSPS) is 22.9. The average molecular weight is 500 g/mol. The first-order valence-corrected chi connectivity index (χ1v) is 13.4. The summed E-state index contributed by atoms with van der Waals surface area (Å²) in [5, 5.41) is 21.5. The van der Waals surface area contributed by atoms with Gasteiger partial charge in [0.25, 0.3) is 0 Å². The molecule has 2 saturated heterocycles. The fraction of sp³-hybridized carbons (Fsp3) is 0.500. The molecule has 2 atom stereocenters. The molecule has 180 valence electrons. The van der Waals surface area contributed by atoms with Gasteiger partial charge in [-0.25, -0.2) is 0 Å². The maximum atomic E-state index is 11.3. The molecule has 2 unspecified atom stereocenters. The molecule has 0 amide bonds. The number of hydrogen-bond acceptors (Lipinski definition) is 7. The molecule has 2 aromatic heterocycles. The number of aromatic nitrogens is 1. The number of nitrogens with zero attached hydrogens (tertiary/aromatic N) is 3. The fourth-order valence-corrected chi connectivity index (χ4v) is 7.09. The summed E-state index contributed by atoms with van der Waals surface area (Å²) in [6.45, 7) is 4.24. The van der Waals surface area contributed by atoms with Crippen LogP contribution in [-0.4, -0.2) is 69.5 Å². The van der Waals surface area contributed by atoms with Crippen molar-refractivity contribution in [1.29, 1.82) is 0 Å². The van der Waals surface area contributed by atoms with Gasteiger partial charge in [0, 0.05) is 58.3 Å². The molecule has 6 rings (SSSR count). The quantitative estimate of drug-likeness (QED) is 0.545. The summed E-state index contributed by atoms with van der Waals surface area (Å²) in [5.74, 6) is 0.798. The molecular formula is C26H30ClN3O3S. The minimum Gasteiger partial charge on any atom is -0.485 e. The number of aliphatic hydroxyl groups is 2. The number of hydrogen-bond donors (Lipinski definition) is 2. The number of ether oxygens (including phenoxy) is 1. The average Bonchev–Trinajstić information content (AvgIpc) is 3.62. The van der Waals surface area contributed by atoms with Crippen LogP contribution in [0.15, 0.2) is 30.5 Å². The molecule has 6 nitrogen and oxygen atoms in total. The third-order valence-electron chi connectivity index (χ3n) is 7.59. The lowest BCUT2D eigenvalue weighted by Gasteiger charge is -2.39. The zero-order valence-corrected chi connectivity index (χ0v) is 20.7. The lowest BCUT2D eigenvalue weighted by atomic mass is 9.99. The van der Waals surface area contributed by atoms with E-state index >= 15 is 0 Å². The van der Waals surface area contributed by atoms with Crippen LogP contribution in [0.5, 0.6) is 5.75 Å². The molecule has 0 aliphatic carbocycles. The summed E-state index contributed by atoms with van der Waals surface area (Å²) in [6, 6.07) is 8.44. The SMILES string of the molecule is OCc1cc2nccc(-c3cc(Cl)cc4c3OC(C(O)N3CCC(N5CCCC5)CC3)C4)c2s1. The predicted octanol–water partition coefficient (Wildman–Crippen LogP) is 4.29. The Kier molecular flexibility index (Phi) is 6.26. The number of aliphatic hydroxyl groups excluding tert-OH is 2. The Morgan fingerprint density at radius 2 is 1.91 bits per heavy atom. The number of pyridine rings is 1. The predicted molar refractivity (Wildman–Crippen MR) is 136 cm³/mol. The summed E-state index contributed by atoms with van der Waals surface area (Å²) >= 11 is 8.07. The maximum absolute atomic E-state index is 11.3. The minimum atomic E-state index is -0.640. The highest BCUT2D eigenvalue weighted by Crippen LogP contribution is 2.45. The van der Waals surface area contributed by atoms with Gasteiger partial charge in [0.1, 0.15) is 18.1 Å². The summed E-state index contributed by atoms with van der Waals surface area (Å²) in [5.41, 5.74) is 3.80. The largest absolute Gasteiger partial charge is 0.485 e. The summed E-state index contributed by atoms with van der Waals surface area (Å²) < 4.78 is 7.45. The number of benzene rings is 1. The molecule has 5 heterocycles. The number of piperidine rings is 1. The molecule has 3 aliphatic heterocycles. The third-order valence-corrected chi connectivity index (χ3v) is 8.95. The second-order valence-electron chi connectivity index (χ2n) is 9.67. The van der Waals surface area contributed by atoms with Crippen LogP contribution in [0.25, 0.3) is 21.3 Å². The molecule has 0 saturated carbocycles. The number of thiophene rings is 1. The van der Waals surface area contributed by atoms with E-state index in [4.69, 9.17) is 16.3 Å². The molecular weight excluding hydrogens is 470 g/mol. The Balaban J connectivity index is 1.23. The van der Waals surface area contributed by atoms with Gasteiger partial charge >= 0.3 is 0 Å². The first kappa shape index (κ1) is 22.7. The highest BCUT2D eigenvalue weighted by Gasteiger charge is 2.37. The molecule has 3 aliphatic rings. The van der Waals surface area contributed by atoms with Crippen LogP contribution >= 0.6 is 22.9 Å². The zero-order chi connectivity index (χ0) is 23.2. The molecule has 1 aromatic carbocycles. The van der Waals surface area contributed by atoms with Crippen LogP contribution in [0.1, 0.15) is 36.1 Å². The van der Waals surface area contributed by atoms with Gasteiger partial charge in [-0.1, -0.05) is 11.6 Å². The van der Waals surface area contributed by atoms with Crippen molar-refractivity contribution in [3.63, 3.8) is 0 Å². The van der Waals surface area contributed by atoms with Crippen molar-refractivity contribution in [1.82, 2.24) is 14.8 Å². The molecule has 8 heteroatoms. The van der Waals surface area contributed by atoms with E-state index in [1.165, 1.54) is 37.3 Å². The van der Waals surface area contributed by atoms with Gasteiger partial charge in [-0.3, -0.25) is 9.88 Å². The van der Waals surface area contributed by atoms with Crippen molar-refractivity contribution >= 4 is 33.2 Å². The number of likely N-dealkylation sites (tertiary alicyclic amines) is 2. The van der Waals surface area contributed by atoms with Gasteiger partial charge in [-0.15, -0.1) is 11.3 Å². The molecule has 0 radical (unpaired) electrons. The standard InChI is InChI=1S/C26H30ClN3O3S/c27-17-11-16-12-23(26(32)30-9-4-18(5-10-30)29-7-1-2-8-29)33-24(16)21(13-17)20-3-6-28-22-14-19(15-31)34-25(20)22/h3,6,11,13-14,18,23,26,31-32H,1-2,4-5,7-10,12,15H2. The van der Waals surface area contributed by atoms with E-state index in [-0.39, 0.29) is 12.7 Å². The number of fused-ring (bicyclic) bond motifs is 2. The van der Waals surface area contributed by atoms with Gasteiger partial charge in [0.2, 0.25) is 0 Å². The second kappa shape index (κ2) is 9.37. The first-order valence-electron chi connectivity index (χ1n) is 12.2. The highest BCUT2D eigenvalue weighted by atomic mass is 35.5. The summed E-state index contributed by atoms with van der Waals surface area (Å²) in [4.78, 5) is 10.2. The second-order valence-corrected chi connectivity index (χ2v) is 11.2. The van der Waals surface area contributed by atoms with Crippen molar-refractivity contribution in [2.24, 2.45) is 0 Å². The third kappa shape index (κ3) is 4.12. The van der Waals surface area contributed by atoms with Gasteiger partial charge in [-0.2, -0.15) is 0 Å². The van der Waals surface area contributed by atoms with Crippen molar-refractivity contribution in [3.05, 3.63) is 45.9 Å². The van der Waals surface area contributed by atoms with Crippen molar-refractivity contribution < 1.29 is 14.9 Å². The Hall–Kier alpha value is -1.74. The van der Waals surface area contributed by atoms with Crippen LogP contribution < -0.4 is 4.74 Å². The Morgan fingerprint density at radius 1 is 1.12 bits per heavy atom. The molecule has 3 aromatic rings. The van der Waals surface area contributed by atoms with Crippen LogP contribution in [0.4, 0.5) is 0 Å². The molecule has 0 spiro atoms. The summed E-state index contributed by atoms with van der Waals surface area (Å²) in [7, 11) is 0. The molecule has 0 bridgehead atoms. The molecule has 34 heavy (non-hydrogen) atoms. The van der Waals surface area contributed by atoms with E-state index in [1.807, 2.05) is 24.3 Å². The first-order chi connectivity index (χ1) is 16.6. The highest BCUT2D eigenvalue weighted by molar-refractivity contribution is 7.19. The lowest BCUT2D eigenvalue weighted by Crippen LogP contribution is -2.52. The Bertz CT molecular complexity index is 1190. The topological polar surface area (TPSA) is 69.1 Å². The van der Waals surface area contributed by atoms with Crippen LogP contribution in [0.3, 0.4) is 0 Å². The van der Waals surface area contributed by atoms with Crippen LogP contribution in [-0.2, 0) is 13.0 Å². The van der Waals surface area contributed by atoms with Crippen molar-refractivity contribution in [2.75, 3.05) is 26.2 Å². The smallest absolute Gasteiger partial charge is 0.145 e. The minimum absolute atomic E-state index is 0.00661. The zero-order valence-electron chi connectivity index (χ0n) is 19.1. The van der Waals surface area contributed by atoms with E-state index in [1.54, 1.807) is 6.20 Å². The van der Waals surface area contributed by atoms with E-state index in [0.717, 1.165) is 63.5 Å². The van der Waals surface area contributed by atoms with E-state index in [0.29, 0.717) is 17.5 Å². The maximum Gasteiger partial charge on any atom is 0.145 e. The lowest BCUT2D eigenvalue weighted by molar-refractivity contribution is -0.0794. The summed E-state index contributed by atoms with van der Waals surface area (Å²) in [6.07, 6.45) is 6.31.